The predicted octanol–water partition coefficient (Wildman–Crippen LogP) is 3.47. The van der Waals surface area contributed by atoms with E-state index < -0.39 is 0 Å². The first kappa shape index (κ1) is 21.3. The fraction of sp³-hybridized carbons (Fsp3) is 0.190. The molecule has 0 bridgehead atoms. The first-order valence-electron chi connectivity index (χ1n) is 9.84. The zero-order chi connectivity index (χ0) is 22.8. The van der Waals surface area contributed by atoms with Crippen LogP contribution in [-0.2, 0) is 19.3 Å². The van der Waals surface area contributed by atoms with Crippen LogP contribution in [-0.4, -0.2) is 37.7 Å². The molecular weight excluding hydrogens is 468 g/mol. The topological polar surface area (TPSA) is 117 Å². The minimum Gasteiger partial charge on any atom is -0.454 e. The van der Waals surface area contributed by atoms with Crippen LogP contribution in [0, 0.1) is 0 Å². The number of carbonyl (C=O) groups is 1. The Labute approximate surface area is 197 Å². The molecule has 1 N–H and O–H groups in total. The Bertz CT molecular complexity index is 1310. The highest BCUT2D eigenvalue weighted by molar-refractivity contribution is 7.98. The highest BCUT2D eigenvalue weighted by Gasteiger charge is 2.17. The summed E-state index contributed by atoms with van der Waals surface area (Å²) in [5, 5.41) is 20.6. The zero-order valence-corrected chi connectivity index (χ0v) is 18.9. The molecule has 0 fully saturated rings. The van der Waals surface area contributed by atoms with Crippen LogP contribution in [0.2, 0.25) is 5.02 Å². The average Bonchev–Trinajstić information content (AvgIpc) is 3.56. The van der Waals surface area contributed by atoms with Crippen LogP contribution >= 0.6 is 23.4 Å². The first-order valence-corrected chi connectivity index (χ1v) is 11.2. The Kier molecular flexibility index (Phi) is 5.88. The summed E-state index contributed by atoms with van der Waals surface area (Å²) in [4.78, 5) is 12.5. The van der Waals surface area contributed by atoms with Gasteiger partial charge < -0.3 is 23.8 Å². The molecule has 1 aliphatic heterocycles. The van der Waals surface area contributed by atoms with Gasteiger partial charge in [-0.1, -0.05) is 23.4 Å². The monoisotopic (exact) mass is 484 g/mol. The lowest BCUT2D eigenvalue weighted by atomic mass is 10.2. The standard InChI is InChI=1S/C21H17ClN6O4S/c1-28-17(9-23-19(29)13-4-7-15-16(8-13)31-11-30-15)24-27-21(28)33-10-18-25-26-20(32-18)12-2-5-14(22)6-3-12/h2-8H,9-11H2,1H3,(H,23,29). The van der Waals surface area contributed by atoms with E-state index in [4.69, 9.17) is 25.5 Å². The fourth-order valence-corrected chi connectivity index (χ4v) is 3.96. The number of amides is 1. The number of aromatic nitrogens is 5. The van der Waals surface area contributed by atoms with Crippen molar-refractivity contribution in [1.82, 2.24) is 30.3 Å². The first-order chi connectivity index (χ1) is 16.1. The molecule has 0 spiro atoms. The number of fused-ring (bicyclic) bond motifs is 1. The third kappa shape index (κ3) is 4.64. The summed E-state index contributed by atoms with van der Waals surface area (Å²) >= 11 is 7.32. The van der Waals surface area contributed by atoms with Gasteiger partial charge in [-0.25, -0.2) is 0 Å². The van der Waals surface area contributed by atoms with Crippen molar-refractivity contribution >= 4 is 29.3 Å². The van der Waals surface area contributed by atoms with Crippen LogP contribution in [0.15, 0.2) is 52.0 Å². The molecule has 12 heteroatoms. The summed E-state index contributed by atoms with van der Waals surface area (Å²) in [6.07, 6.45) is 0. The van der Waals surface area contributed by atoms with E-state index in [1.165, 1.54) is 11.8 Å². The second-order valence-electron chi connectivity index (χ2n) is 7.01. The number of thioether (sulfide) groups is 1. The summed E-state index contributed by atoms with van der Waals surface area (Å²) in [5.41, 5.74) is 1.27. The average molecular weight is 485 g/mol. The van der Waals surface area contributed by atoms with Crippen molar-refractivity contribution in [3.8, 4) is 23.0 Å². The Morgan fingerprint density at radius 2 is 1.91 bits per heavy atom. The van der Waals surface area contributed by atoms with Gasteiger partial charge in [-0.05, 0) is 42.5 Å². The van der Waals surface area contributed by atoms with Gasteiger partial charge in [-0.3, -0.25) is 4.79 Å². The van der Waals surface area contributed by atoms with Crippen molar-refractivity contribution in [3.05, 3.63) is 64.8 Å². The lowest BCUT2D eigenvalue weighted by Crippen LogP contribution is -2.24. The molecule has 1 aliphatic rings. The number of nitrogens with zero attached hydrogens (tertiary/aromatic N) is 5. The van der Waals surface area contributed by atoms with Crippen LogP contribution < -0.4 is 14.8 Å². The number of hydrogen-bond donors (Lipinski definition) is 1. The van der Waals surface area contributed by atoms with Crippen LogP contribution in [0.3, 0.4) is 0 Å². The number of hydrogen-bond acceptors (Lipinski definition) is 9. The van der Waals surface area contributed by atoms with Crippen molar-refractivity contribution < 1.29 is 18.7 Å². The summed E-state index contributed by atoms with van der Waals surface area (Å²) in [5.74, 6) is 2.86. The second-order valence-corrected chi connectivity index (χ2v) is 8.38. The molecule has 0 saturated heterocycles. The Hall–Kier alpha value is -3.57. The van der Waals surface area contributed by atoms with Crippen molar-refractivity contribution in [3.63, 3.8) is 0 Å². The third-order valence-corrected chi connectivity index (χ3v) is 6.11. The Balaban J connectivity index is 1.17. The van der Waals surface area contributed by atoms with Gasteiger partial charge >= 0.3 is 0 Å². The SMILES string of the molecule is Cn1c(CNC(=O)c2ccc3c(c2)OCO3)nnc1SCc1nnc(-c2ccc(Cl)cc2)o1. The maximum Gasteiger partial charge on any atom is 0.251 e. The predicted molar refractivity (Wildman–Crippen MR) is 119 cm³/mol. The molecule has 10 nitrogen and oxygen atoms in total. The molecule has 5 rings (SSSR count). The van der Waals surface area contributed by atoms with Gasteiger partial charge in [0.2, 0.25) is 18.6 Å². The van der Waals surface area contributed by atoms with E-state index in [2.05, 4.69) is 25.7 Å². The highest BCUT2D eigenvalue weighted by atomic mass is 35.5. The molecule has 1 amide bonds. The molecule has 2 aromatic carbocycles. The molecular formula is C21H17ClN6O4S. The van der Waals surface area contributed by atoms with Gasteiger partial charge in [-0.2, -0.15) is 0 Å². The maximum absolute atomic E-state index is 12.5. The van der Waals surface area contributed by atoms with Crippen LogP contribution in [0.1, 0.15) is 22.1 Å². The summed E-state index contributed by atoms with van der Waals surface area (Å²) in [6, 6.07) is 12.2. The molecule has 0 aliphatic carbocycles. The van der Waals surface area contributed by atoms with Gasteiger partial charge in [0.15, 0.2) is 22.5 Å². The molecule has 3 heterocycles. The van der Waals surface area contributed by atoms with Crippen molar-refractivity contribution in [1.29, 1.82) is 0 Å². The largest absolute Gasteiger partial charge is 0.454 e. The van der Waals surface area contributed by atoms with Crippen molar-refractivity contribution in [2.45, 2.75) is 17.5 Å². The molecule has 168 valence electrons. The number of nitrogens with one attached hydrogen (secondary N) is 1. The Morgan fingerprint density at radius 1 is 1.09 bits per heavy atom. The van der Waals surface area contributed by atoms with E-state index in [0.29, 0.717) is 50.6 Å². The van der Waals surface area contributed by atoms with E-state index in [-0.39, 0.29) is 19.2 Å². The summed E-state index contributed by atoms with van der Waals surface area (Å²) in [7, 11) is 1.83. The summed E-state index contributed by atoms with van der Waals surface area (Å²) < 4.78 is 18.1. The Morgan fingerprint density at radius 3 is 2.76 bits per heavy atom. The number of benzene rings is 2. The second kappa shape index (κ2) is 9.12. The molecule has 0 radical (unpaired) electrons. The van der Waals surface area contributed by atoms with Crippen LogP contribution in [0.5, 0.6) is 11.5 Å². The van der Waals surface area contributed by atoms with E-state index in [1.54, 1.807) is 34.9 Å². The number of ether oxygens (including phenoxy) is 2. The maximum atomic E-state index is 12.5. The number of carbonyl (C=O) groups excluding carboxylic acids is 1. The third-order valence-electron chi connectivity index (χ3n) is 4.85. The van der Waals surface area contributed by atoms with E-state index in [9.17, 15) is 4.79 Å². The van der Waals surface area contributed by atoms with Gasteiger partial charge in [0.05, 0.1) is 12.3 Å². The molecule has 0 atom stereocenters. The summed E-state index contributed by atoms with van der Waals surface area (Å²) in [6.45, 7) is 0.379. The normalized spacial score (nSPS) is 12.2. The van der Waals surface area contributed by atoms with Gasteiger partial charge in [0.25, 0.3) is 5.91 Å². The number of halogens is 1. The van der Waals surface area contributed by atoms with Crippen LogP contribution in [0.4, 0.5) is 0 Å². The zero-order valence-electron chi connectivity index (χ0n) is 17.3. The molecule has 33 heavy (non-hydrogen) atoms. The fourth-order valence-electron chi connectivity index (χ4n) is 3.07. The van der Waals surface area contributed by atoms with E-state index in [0.717, 1.165) is 5.56 Å². The van der Waals surface area contributed by atoms with Crippen molar-refractivity contribution in [2.75, 3.05) is 6.79 Å². The molecule has 2 aromatic heterocycles. The van der Waals surface area contributed by atoms with Gasteiger partial charge in [-0.15, -0.1) is 20.4 Å². The highest BCUT2D eigenvalue weighted by Crippen LogP contribution is 2.32. The minimum atomic E-state index is -0.244. The number of rotatable bonds is 7. The quantitative estimate of drug-likeness (QED) is 0.393. The van der Waals surface area contributed by atoms with Gasteiger partial charge in [0, 0.05) is 23.2 Å². The van der Waals surface area contributed by atoms with Gasteiger partial charge in [0.1, 0.15) is 0 Å². The van der Waals surface area contributed by atoms with E-state index in [1.807, 2.05) is 19.2 Å². The minimum absolute atomic E-state index is 0.159. The van der Waals surface area contributed by atoms with Crippen LogP contribution in [0.25, 0.3) is 11.5 Å². The molecule has 0 saturated carbocycles. The van der Waals surface area contributed by atoms with E-state index >= 15 is 0 Å². The lowest BCUT2D eigenvalue weighted by molar-refractivity contribution is 0.0949. The molecule has 4 aromatic rings. The van der Waals surface area contributed by atoms with Crippen molar-refractivity contribution in [2.24, 2.45) is 7.05 Å². The lowest BCUT2D eigenvalue weighted by Gasteiger charge is -2.06. The molecule has 0 unspecified atom stereocenters. The smallest absolute Gasteiger partial charge is 0.251 e.